The Morgan fingerprint density at radius 3 is 1.83 bits per heavy atom. The summed E-state index contributed by atoms with van der Waals surface area (Å²) in [5.74, 6) is 0.494. The molecule has 0 aromatic carbocycles. The molecule has 0 aliphatic rings. The van der Waals surface area contributed by atoms with Gasteiger partial charge in [0.25, 0.3) is 0 Å². The van der Waals surface area contributed by atoms with Crippen molar-refractivity contribution >= 4 is 11.8 Å². The number of nitrogens with zero attached hydrogens (tertiary/aromatic N) is 2. The lowest BCUT2D eigenvalue weighted by atomic mass is 10.1. The van der Waals surface area contributed by atoms with Crippen LogP contribution < -0.4 is 5.73 Å². The molecular weight excluding hydrogens is 290 g/mol. The van der Waals surface area contributed by atoms with Gasteiger partial charge >= 0.3 is 0 Å². The van der Waals surface area contributed by atoms with E-state index in [2.05, 4.69) is 45.4 Å². The Hall–Kier alpha value is -1.10. The van der Waals surface area contributed by atoms with Crippen LogP contribution >= 0.6 is 0 Å². The Kier molecular flexibility index (Phi) is 15.2. The van der Waals surface area contributed by atoms with Crippen LogP contribution in [0.4, 0.5) is 0 Å². The highest BCUT2D eigenvalue weighted by molar-refractivity contribution is 5.76. The first kappa shape index (κ1) is 24.2. The quantitative estimate of drug-likeness (QED) is 0.627. The van der Waals surface area contributed by atoms with E-state index < -0.39 is 0 Å². The Morgan fingerprint density at radius 2 is 1.43 bits per heavy atom. The second kappa shape index (κ2) is 14.5. The minimum Gasteiger partial charge on any atom is -0.370 e. The number of unbranched alkanes of at least 4 members (excludes halogenated alkanes) is 2. The highest BCUT2D eigenvalue weighted by Crippen LogP contribution is 2.05. The van der Waals surface area contributed by atoms with Crippen LogP contribution in [0.2, 0.25) is 0 Å². The molecule has 23 heavy (non-hydrogen) atoms. The summed E-state index contributed by atoms with van der Waals surface area (Å²) in [6.45, 7) is 12.4. The molecule has 0 rings (SSSR count). The highest BCUT2D eigenvalue weighted by Gasteiger charge is 2.10. The highest BCUT2D eigenvalue weighted by atomic mass is 16.2. The summed E-state index contributed by atoms with van der Waals surface area (Å²) in [7, 11) is 4.09. The van der Waals surface area contributed by atoms with E-state index in [-0.39, 0.29) is 11.8 Å². The average Bonchev–Trinajstić information content (AvgIpc) is 2.46. The zero-order chi connectivity index (χ0) is 18.4. The van der Waals surface area contributed by atoms with Gasteiger partial charge in [0, 0.05) is 32.5 Å². The van der Waals surface area contributed by atoms with Crippen molar-refractivity contribution in [3.63, 3.8) is 0 Å². The molecule has 0 saturated heterocycles. The van der Waals surface area contributed by atoms with Gasteiger partial charge in [0.15, 0.2) is 0 Å². The molecule has 0 unspecified atom stereocenters. The average molecular weight is 330 g/mol. The normalized spacial score (nSPS) is 10.7. The van der Waals surface area contributed by atoms with Crippen LogP contribution in [-0.4, -0.2) is 54.8 Å². The molecular formula is C18H39N3O2. The Morgan fingerprint density at radius 1 is 0.957 bits per heavy atom. The molecule has 0 heterocycles. The molecule has 0 aliphatic carbocycles. The van der Waals surface area contributed by atoms with E-state index in [1.54, 1.807) is 6.92 Å². The van der Waals surface area contributed by atoms with Gasteiger partial charge in [0.2, 0.25) is 11.8 Å². The monoisotopic (exact) mass is 329 g/mol. The van der Waals surface area contributed by atoms with E-state index in [4.69, 9.17) is 0 Å². The van der Waals surface area contributed by atoms with Crippen molar-refractivity contribution in [1.29, 1.82) is 0 Å². The molecule has 0 aliphatic heterocycles. The number of hydrogen-bond donors (Lipinski definition) is 1. The maximum Gasteiger partial charge on any atom is 0.222 e. The van der Waals surface area contributed by atoms with Gasteiger partial charge in [-0.3, -0.25) is 9.59 Å². The van der Waals surface area contributed by atoms with Crippen molar-refractivity contribution in [3.05, 3.63) is 0 Å². The summed E-state index contributed by atoms with van der Waals surface area (Å²) >= 11 is 0. The van der Waals surface area contributed by atoms with Gasteiger partial charge in [0.05, 0.1) is 0 Å². The van der Waals surface area contributed by atoms with Crippen LogP contribution in [0.15, 0.2) is 0 Å². The predicted octanol–water partition coefficient (Wildman–Crippen LogP) is 2.88. The number of amides is 2. The zero-order valence-electron chi connectivity index (χ0n) is 16.4. The van der Waals surface area contributed by atoms with Crippen LogP contribution in [-0.2, 0) is 9.59 Å². The molecule has 5 heteroatoms. The molecule has 0 radical (unpaired) electrons. The Balaban J connectivity index is 0. The van der Waals surface area contributed by atoms with Crippen molar-refractivity contribution < 1.29 is 9.59 Å². The van der Waals surface area contributed by atoms with E-state index in [1.807, 2.05) is 11.9 Å². The molecule has 0 bridgehead atoms. The van der Waals surface area contributed by atoms with E-state index in [0.29, 0.717) is 24.8 Å². The van der Waals surface area contributed by atoms with E-state index in [9.17, 15) is 9.59 Å². The third-order valence-electron chi connectivity index (χ3n) is 3.74. The van der Waals surface area contributed by atoms with Crippen molar-refractivity contribution in [2.24, 2.45) is 11.7 Å². The SMILES string of the molecule is CC(C)CC(=O)N(C)CCCCCN(C)C(C)C.CCC(N)=O. The fourth-order valence-electron chi connectivity index (χ4n) is 1.77. The molecule has 0 atom stereocenters. The second-order valence-corrected chi connectivity index (χ2v) is 6.87. The molecule has 138 valence electrons. The van der Waals surface area contributed by atoms with Gasteiger partial charge in [-0.05, 0) is 46.2 Å². The van der Waals surface area contributed by atoms with Gasteiger partial charge in [0.1, 0.15) is 0 Å². The first-order valence-electron chi connectivity index (χ1n) is 8.84. The number of carbonyl (C=O) groups excluding carboxylic acids is 2. The molecule has 0 fully saturated rings. The fraction of sp³-hybridized carbons (Fsp3) is 0.889. The Labute approximate surface area is 143 Å². The summed E-state index contributed by atoms with van der Waals surface area (Å²) in [4.78, 5) is 25.6. The molecule has 5 nitrogen and oxygen atoms in total. The van der Waals surface area contributed by atoms with E-state index in [0.717, 1.165) is 19.5 Å². The number of carbonyl (C=O) groups is 2. The van der Waals surface area contributed by atoms with Gasteiger partial charge in [-0.15, -0.1) is 0 Å². The largest absolute Gasteiger partial charge is 0.370 e. The number of rotatable bonds is 10. The first-order valence-corrected chi connectivity index (χ1v) is 8.84. The predicted molar refractivity (Wildman–Crippen MR) is 98.2 cm³/mol. The maximum atomic E-state index is 11.7. The zero-order valence-corrected chi connectivity index (χ0v) is 16.4. The lowest BCUT2D eigenvalue weighted by Gasteiger charge is -2.21. The van der Waals surface area contributed by atoms with E-state index >= 15 is 0 Å². The lowest BCUT2D eigenvalue weighted by molar-refractivity contribution is -0.130. The first-order chi connectivity index (χ1) is 10.6. The topological polar surface area (TPSA) is 66.6 Å². The van der Waals surface area contributed by atoms with Crippen LogP contribution in [0.5, 0.6) is 0 Å². The smallest absolute Gasteiger partial charge is 0.222 e. The summed E-state index contributed by atoms with van der Waals surface area (Å²) in [6.07, 6.45) is 4.66. The minimum absolute atomic E-state index is 0.245. The summed E-state index contributed by atoms with van der Waals surface area (Å²) in [5, 5.41) is 0. The summed E-state index contributed by atoms with van der Waals surface area (Å²) in [5.41, 5.74) is 4.65. The molecule has 0 spiro atoms. The molecule has 0 saturated carbocycles. The fourth-order valence-corrected chi connectivity index (χ4v) is 1.77. The lowest BCUT2D eigenvalue weighted by Crippen LogP contribution is -2.29. The second-order valence-electron chi connectivity index (χ2n) is 6.87. The molecule has 2 amide bonds. The van der Waals surface area contributed by atoms with Crippen molar-refractivity contribution in [2.45, 2.75) is 72.8 Å². The molecule has 2 N–H and O–H groups in total. The van der Waals surface area contributed by atoms with E-state index in [1.165, 1.54) is 12.8 Å². The molecule has 0 aromatic rings. The maximum absolute atomic E-state index is 11.7. The van der Waals surface area contributed by atoms with Gasteiger partial charge in [-0.2, -0.15) is 0 Å². The summed E-state index contributed by atoms with van der Waals surface area (Å²) < 4.78 is 0. The number of primary amides is 1. The summed E-state index contributed by atoms with van der Waals surface area (Å²) in [6, 6.07) is 0.625. The van der Waals surface area contributed by atoms with Crippen LogP contribution in [0, 0.1) is 5.92 Å². The Bertz CT molecular complexity index is 317. The third-order valence-corrected chi connectivity index (χ3v) is 3.74. The minimum atomic E-state index is -0.245. The molecule has 0 aromatic heterocycles. The van der Waals surface area contributed by atoms with Gasteiger partial charge < -0.3 is 15.5 Å². The van der Waals surface area contributed by atoms with Crippen LogP contribution in [0.3, 0.4) is 0 Å². The van der Waals surface area contributed by atoms with Gasteiger partial charge in [-0.1, -0.05) is 27.2 Å². The third kappa shape index (κ3) is 17.1. The number of nitrogens with two attached hydrogens (primary N) is 1. The van der Waals surface area contributed by atoms with Crippen molar-refractivity contribution in [3.8, 4) is 0 Å². The van der Waals surface area contributed by atoms with Crippen LogP contribution in [0.25, 0.3) is 0 Å². The van der Waals surface area contributed by atoms with Crippen molar-refractivity contribution in [1.82, 2.24) is 9.80 Å². The van der Waals surface area contributed by atoms with Crippen LogP contribution in [0.1, 0.15) is 66.7 Å². The standard InChI is InChI=1S/C15H32N2O.C3H7NO/c1-13(2)12-15(18)17(6)11-9-7-8-10-16(5)14(3)4;1-2-3(4)5/h13-14H,7-12H2,1-6H3;2H2,1H3,(H2,4,5). The van der Waals surface area contributed by atoms with Gasteiger partial charge in [-0.25, -0.2) is 0 Å². The van der Waals surface area contributed by atoms with Crippen molar-refractivity contribution in [2.75, 3.05) is 27.2 Å². The number of hydrogen-bond acceptors (Lipinski definition) is 3.